The Balaban J connectivity index is 2.45. The van der Waals surface area contributed by atoms with E-state index in [1.165, 1.54) is 12.1 Å². The van der Waals surface area contributed by atoms with Gasteiger partial charge in [-0.3, -0.25) is 0 Å². The molecule has 1 aromatic carbocycles. The number of hydrogen-bond donors (Lipinski definition) is 0. The Morgan fingerprint density at radius 1 is 1.26 bits per heavy atom. The zero-order valence-corrected chi connectivity index (χ0v) is 12.5. The van der Waals surface area contributed by atoms with Gasteiger partial charge in [-0.25, -0.2) is 9.37 Å². The number of rotatable bonds is 3. The van der Waals surface area contributed by atoms with Crippen molar-refractivity contribution in [2.45, 2.75) is 6.92 Å². The minimum Gasteiger partial charge on any atom is -0.495 e. The summed E-state index contributed by atoms with van der Waals surface area (Å²) in [5.41, 5.74) is 1.51. The Morgan fingerprint density at radius 2 is 2.00 bits per heavy atom. The minimum absolute atomic E-state index is 0.309. The average Bonchev–Trinajstić information content (AvgIpc) is 2.41. The molecule has 0 aliphatic rings. The summed E-state index contributed by atoms with van der Waals surface area (Å²) < 4.78 is 19.6. The molecule has 0 amide bonds. The Labute approximate surface area is 120 Å². The van der Waals surface area contributed by atoms with Gasteiger partial charge in [0.15, 0.2) is 0 Å². The van der Waals surface area contributed by atoms with Crippen LogP contribution in [0.5, 0.6) is 5.75 Å². The van der Waals surface area contributed by atoms with Crippen LogP contribution in [0.2, 0.25) is 0 Å². The lowest BCUT2D eigenvalue weighted by molar-refractivity contribution is 0.414. The first-order valence-electron chi connectivity index (χ1n) is 5.73. The third kappa shape index (κ3) is 2.87. The topological polar surface area (TPSA) is 25.4 Å². The number of methoxy groups -OCH3 is 1. The predicted octanol–water partition coefficient (Wildman–Crippen LogP) is 4.07. The monoisotopic (exact) mass is 324 g/mol. The van der Waals surface area contributed by atoms with E-state index in [2.05, 4.69) is 20.9 Å². The third-order valence-electron chi connectivity index (χ3n) is 2.85. The lowest BCUT2D eigenvalue weighted by atomic mass is 10.2. The van der Waals surface area contributed by atoms with Crippen LogP contribution in [0.15, 0.2) is 34.8 Å². The maximum Gasteiger partial charge on any atom is 0.142 e. The molecule has 0 saturated heterocycles. The second-order valence-electron chi connectivity index (χ2n) is 4.11. The van der Waals surface area contributed by atoms with Crippen LogP contribution in [-0.4, -0.2) is 19.1 Å². The van der Waals surface area contributed by atoms with E-state index in [1.54, 1.807) is 18.1 Å². The highest BCUT2D eigenvalue weighted by molar-refractivity contribution is 9.10. The van der Waals surface area contributed by atoms with Crippen LogP contribution >= 0.6 is 15.9 Å². The van der Waals surface area contributed by atoms with Crippen molar-refractivity contribution in [3.63, 3.8) is 0 Å². The fourth-order valence-electron chi connectivity index (χ4n) is 1.77. The van der Waals surface area contributed by atoms with E-state index in [9.17, 15) is 4.39 Å². The van der Waals surface area contributed by atoms with E-state index >= 15 is 0 Å². The molecule has 0 fully saturated rings. The van der Waals surface area contributed by atoms with Gasteiger partial charge < -0.3 is 9.64 Å². The number of benzene rings is 1. The molecule has 0 radical (unpaired) electrons. The van der Waals surface area contributed by atoms with Crippen molar-refractivity contribution in [3.05, 3.63) is 46.3 Å². The molecule has 5 heteroatoms. The molecule has 1 heterocycles. The van der Waals surface area contributed by atoms with Crippen molar-refractivity contribution < 1.29 is 9.13 Å². The van der Waals surface area contributed by atoms with Crippen molar-refractivity contribution in [2.24, 2.45) is 0 Å². The molecule has 0 saturated carbocycles. The molecular formula is C14H14BrFN2O. The van der Waals surface area contributed by atoms with Gasteiger partial charge in [0, 0.05) is 17.6 Å². The molecule has 0 atom stereocenters. The molecular weight excluding hydrogens is 311 g/mol. The van der Waals surface area contributed by atoms with Crippen molar-refractivity contribution in [3.8, 4) is 5.75 Å². The largest absolute Gasteiger partial charge is 0.495 e. The van der Waals surface area contributed by atoms with Crippen LogP contribution < -0.4 is 9.64 Å². The van der Waals surface area contributed by atoms with E-state index in [-0.39, 0.29) is 5.82 Å². The number of anilines is 2. The van der Waals surface area contributed by atoms with E-state index < -0.39 is 0 Å². The zero-order chi connectivity index (χ0) is 14.0. The molecule has 0 aliphatic carbocycles. The second-order valence-corrected chi connectivity index (χ2v) is 4.97. The van der Waals surface area contributed by atoms with Gasteiger partial charge in [-0.15, -0.1) is 0 Å². The van der Waals surface area contributed by atoms with Gasteiger partial charge in [0.2, 0.25) is 0 Å². The first kappa shape index (κ1) is 13.8. The molecule has 2 rings (SSSR count). The summed E-state index contributed by atoms with van der Waals surface area (Å²) in [6, 6.07) is 8.18. The van der Waals surface area contributed by atoms with Gasteiger partial charge in [0.05, 0.1) is 18.5 Å². The van der Waals surface area contributed by atoms with Crippen molar-refractivity contribution in [1.82, 2.24) is 4.98 Å². The van der Waals surface area contributed by atoms with Gasteiger partial charge in [-0.05, 0) is 47.1 Å². The van der Waals surface area contributed by atoms with Crippen molar-refractivity contribution in [2.75, 3.05) is 19.1 Å². The van der Waals surface area contributed by atoms with Gasteiger partial charge >= 0.3 is 0 Å². The summed E-state index contributed by atoms with van der Waals surface area (Å²) in [5, 5.41) is 0. The van der Waals surface area contributed by atoms with Crippen molar-refractivity contribution in [1.29, 1.82) is 0 Å². The van der Waals surface area contributed by atoms with Crippen LogP contribution in [0.3, 0.4) is 0 Å². The maximum atomic E-state index is 13.4. The van der Waals surface area contributed by atoms with Crippen LogP contribution in [-0.2, 0) is 0 Å². The summed E-state index contributed by atoms with van der Waals surface area (Å²) in [4.78, 5) is 6.25. The van der Waals surface area contributed by atoms with Crippen LogP contribution in [0.4, 0.5) is 15.9 Å². The second kappa shape index (κ2) is 5.57. The number of aromatic nitrogens is 1. The highest BCUT2D eigenvalue weighted by atomic mass is 79.9. The number of halogens is 2. The summed E-state index contributed by atoms with van der Waals surface area (Å²) in [6.45, 7) is 1.91. The third-order valence-corrected chi connectivity index (χ3v) is 3.69. The molecule has 100 valence electrons. The standard InChI is InChI=1S/C14H14BrFN2O/c1-9-11(15)5-7-14(17-9)18(2)12-8-10(16)4-6-13(12)19-3/h4-8H,1-3H3. The molecule has 3 nitrogen and oxygen atoms in total. The molecule has 2 aromatic rings. The Bertz CT molecular complexity index is 604. The molecule has 0 N–H and O–H groups in total. The van der Waals surface area contributed by atoms with Gasteiger partial charge in [0.1, 0.15) is 17.4 Å². The Hall–Kier alpha value is -1.62. The van der Waals surface area contributed by atoms with E-state index in [1.807, 2.05) is 26.1 Å². The lowest BCUT2D eigenvalue weighted by Crippen LogP contribution is -2.13. The molecule has 0 aliphatic heterocycles. The highest BCUT2D eigenvalue weighted by Gasteiger charge is 2.13. The Morgan fingerprint density at radius 3 is 2.63 bits per heavy atom. The minimum atomic E-state index is -0.309. The molecule has 0 bridgehead atoms. The fourth-order valence-corrected chi connectivity index (χ4v) is 1.99. The summed E-state index contributed by atoms with van der Waals surface area (Å²) in [6.07, 6.45) is 0. The maximum absolute atomic E-state index is 13.4. The van der Waals surface area contributed by atoms with E-state index in [0.29, 0.717) is 11.4 Å². The normalized spacial score (nSPS) is 10.4. The first-order chi connectivity index (χ1) is 9.02. The molecule has 1 aromatic heterocycles. The number of hydrogen-bond acceptors (Lipinski definition) is 3. The smallest absolute Gasteiger partial charge is 0.142 e. The van der Waals surface area contributed by atoms with Gasteiger partial charge in [-0.1, -0.05) is 0 Å². The fraction of sp³-hybridized carbons (Fsp3) is 0.214. The number of aryl methyl sites for hydroxylation is 1. The van der Waals surface area contributed by atoms with E-state index in [0.717, 1.165) is 16.0 Å². The molecule has 0 unspecified atom stereocenters. The molecule has 19 heavy (non-hydrogen) atoms. The van der Waals surface area contributed by atoms with Crippen LogP contribution in [0.25, 0.3) is 0 Å². The number of nitrogens with zero attached hydrogens (tertiary/aromatic N) is 2. The van der Waals surface area contributed by atoms with Crippen LogP contribution in [0, 0.1) is 12.7 Å². The predicted molar refractivity (Wildman–Crippen MR) is 77.7 cm³/mol. The SMILES string of the molecule is COc1ccc(F)cc1N(C)c1ccc(Br)c(C)n1. The van der Waals surface area contributed by atoms with Gasteiger partial charge in [0.25, 0.3) is 0 Å². The van der Waals surface area contributed by atoms with E-state index in [4.69, 9.17) is 4.74 Å². The Kier molecular flexibility index (Phi) is 4.04. The van der Waals surface area contributed by atoms with Crippen molar-refractivity contribution >= 4 is 27.4 Å². The molecule has 0 spiro atoms. The summed E-state index contributed by atoms with van der Waals surface area (Å²) >= 11 is 3.41. The number of pyridine rings is 1. The summed E-state index contributed by atoms with van der Waals surface area (Å²) in [7, 11) is 3.39. The zero-order valence-electron chi connectivity index (χ0n) is 10.9. The lowest BCUT2D eigenvalue weighted by Gasteiger charge is -2.21. The summed E-state index contributed by atoms with van der Waals surface area (Å²) in [5.74, 6) is 1.02. The first-order valence-corrected chi connectivity index (χ1v) is 6.52. The van der Waals surface area contributed by atoms with Crippen LogP contribution in [0.1, 0.15) is 5.69 Å². The average molecular weight is 325 g/mol. The number of ether oxygens (including phenoxy) is 1. The van der Waals surface area contributed by atoms with Gasteiger partial charge in [-0.2, -0.15) is 0 Å². The highest BCUT2D eigenvalue weighted by Crippen LogP contribution is 2.32. The quantitative estimate of drug-likeness (QED) is 0.851.